The fourth-order valence-electron chi connectivity index (χ4n) is 3.32. The van der Waals surface area contributed by atoms with Crippen LogP contribution >= 0.6 is 0 Å². The van der Waals surface area contributed by atoms with Crippen LogP contribution in [0.25, 0.3) is 5.57 Å². The quantitative estimate of drug-likeness (QED) is 0.412. The number of likely N-dealkylation sites (tertiary alicyclic amines) is 1. The molecule has 0 atom stereocenters. The molecule has 1 N–H and O–H groups in total. The lowest BCUT2D eigenvalue weighted by Crippen LogP contribution is -2.15. The van der Waals surface area contributed by atoms with E-state index in [4.69, 9.17) is 4.74 Å². The second kappa shape index (κ2) is 11.7. The first-order valence-electron chi connectivity index (χ1n) is 10.3. The molecule has 2 aliphatic rings. The number of nitrogens with one attached hydrogen (secondary N) is 1. The highest BCUT2D eigenvalue weighted by molar-refractivity contribution is 6.35. The molecule has 176 valence electrons. The number of aryl methyl sites for hydroxylation is 1. The summed E-state index contributed by atoms with van der Waals surface area (Å²) in [7, 11) is 5.97. The summed E-state index contributed by atoms with van der Waals surface area (Å²) in [5.41, 5.74) is 3.63. The number of anilines is 1. The highest BCUT2D eigenvalue weighted by Gasteiger charge is 2.30. The average molecular weight is 456 g/mol. The Labute approximate surface area is 193 Å². The zero-order chi connectivity index (χ0) is 24.5. The SMILES string of the molecule is CN(C)C=O.COC(=O)/C=C/N1CCC/C1=C\C(C(=O)OC)=C1/C(=O)Nc2ccc(C)cc21. The number of rotatable bonds is 5. The summed E-state index contributed by atoms with van der Waals surface area (Å²) in [6.07, 6.45) is 6.94. The van der Waals surface area contributed by atoms with E-state index in [2.05, 4.69) is 10.1 Å². The minimum atomic E-state index is -0.587. The van der Waals surface area contributed by atoms with Crippen LogP contribution in [0.2, 0.25) is 0 Å². The van der Waals surface area contributed by atoms with Gasteiger partial charge in [0.1, 0.15) is 0 Å². The monoisotopic (exact) mass is 455 g/mol. The van der Waals surface area contributed by atoms with Crippen molar-refractivity contribution in [3.63, 3.8) is 0 Å². The highest BCUT2D eigenvalue weighted by Crippen LogP contribution is 2.36. The molecule has 1 aromatic rings. The van der Waals surface area contributed by atoms with Crippen LogP contribution in [0.1, 0.15) is 24.0 Å². The number of hydrogen-bond acceptors (Lipinski definition) is 7. The minimum Gasteiger partial charge on any atom is -0.466 e. The van der Waals surface area contributed by atoms with Gasteiger partial charge in [-0.05, 0) is 38.0 Å². The predicted octanol–water partition coefficient (Wildman–Crippen LogP) is 2.24. The van der Waals surface area contributed by atoms with E-state index in [0.29, 0.717) is 29.8 Å². The van der Waals surface area contributed by atoms with Crippen LogP contribution < -0.4 is 5.32 Å². The molecule has 1 aromatic carbocycles. The summed E-state index contributed by atoms with van der Waals surface area (Å²) in [4.78, 5) is 49.3. The average Bonchev–Trinajstić information content (AvgIpc) is 3.38. The molecule has 33 heavy (non-hydrogen) atoms. The Balaban J connectivity index is 0.000000696. The maximum Gasteiger partial charge on any atom is 0.338 e. The lowest BCUT2D eigenvalue weighted by atomic mass is 9.98. The summed E-state index contributed by atoms with van der Waals surface area (Å²) >= 11 is 0. The molecule has 0 radical (unpaired) electrons. The number of amides is 2. The molecule has 3 rings (SSSR count). The van der Waals surface area contributed by atoms with Crippen molar-refractivity contribution in [1.29, 1.82) is 0 Å². The Morgan fingerprint density at radius 2 is 1.88 bits per heavy atom. The smallest absolute Gasteiger partial charge is 0.338 e. The van der Waals surface area contributed by atoms with Gasteiger partial charge in [-0.3, -0.25) is 9.59 Å². The molecule has 0 unspecified atom stereocenters. The summed E-state index contributed by atoms with van der Waals surface area (Å²) in [6.45, 7) is 2.62. The summed E-state index contributed by atoms with van der Waals surface area (Å²) in [5.74, 6) is -1.39. The van der Waals surface area contributed by atoms with Gasteiger partial charge in [0.25, 0.3) is 5.91 Å². The van der Waals surface area contributed by atoms with Crippen molar-refractivity contribution >= 4 is 35.5 Å². The number of methoxy groups -OCH3 is 2. The first-order chi connectivity index (χ1) is 15.7. The molecule has 1 saturated heterocycles. The van der Waals surface area contributed by atoms with Gasteiger partial charge in [0.15, 0.2) is 0 Å². The number of carbonyl (C=O) groups is 4. The Morgan fingerprint density at radius 1 is 1.18 bits per heavy atom. The van der Waals surface area contributed by atoms with Gasteiger partial charge >= 0.3 is 11.9 Å². The zero-order valence-corrected chi connectivity index (χ0v) is 19.5. The van der Waals surface area contributed by atoms with Crippen LogP contribution in [0.3, 0.4) is 0 Å². The number of carbonyl (C=O) groups excluding carboxylic acids is 4. The van der Waals surface area contributed by atoms with E-state index < -0.39 is 11.9 Å². The van der Waals surface area contributed by atoms with E-state index in [1.54, 1.807) is 26.4 Å². The van der Waals surface area contributed by atoms with Crippen LogP contribution in [0.5, 0.6) is 0 Å². The van der Waals surface area contributed by atoms with Crippen molar-refractivity contribution < 1.29 is 28.7 Å². The lowest BCUT2D eigenvalue weighted by molar-refractivity contribution is -0.136. The third-order valence-corrected chi connectivity index (χ3v) is 4.91. The van der Waals surface area contributed by atoms with E-state index >= 15 is 0 Å². The third kappa shape index (κ3) is 6.55. The molecule has 0 bridgehead atoms. The Kier molecular flexibility index (Phi) is 8.97. The van der Waals surface area contributed by atoms with Crippen LogP contribution in [-0.4, -0.2) is 68.9 Å². The van der Waals surface area contributed by atoms with Crippen molar-refractivity contribution in [2.75, 3.05) is 40.2 Å². The molecule has 0 aliphatic carbocycles. The molecule has 9 heteroatoms. The molecule has 0 saturated carbocycles. The standard InChI is InChI=1S/C21H22N2O5.C3H7NO/c1-13-6-7-17-15(11-13)19(20(25)22-17)16(21(26)28-3)12-14-5-4-9-23(14)10-8-18(24)27-2;1-4(2)3-5/h6-8,10-12H,4-5,9H2,1-3H3,(H,22,25);3H,1-2H3/b10-8+,14-12+,19-16+;. The van der Waals surface area contributed by atoms with E-state index in [0.717, 1.165) is 24.1 Å². The number of benzene rings is 1. The molecule has 2 heterocycles. The van der Waals surface area contributed by atoms with Gasteiger partial charge in [-0.15, -0.1) is 0 Å². The molecule has 0 aromatic heterocycles. The minimum absolute atomic E-state index is 0.192. The van der Waals surface area contributed by atoms with Crippen LogP contribution in [0.4, 0.5) is 5.69 Å². The number of fused-ring (bicyclic) bond motifs is 1. The van der Waals surface area contributed by atoms with Crippen molar-refractivity contribution in [2.24, 2.45) is 0 Å². The van der Waals surface area contributed by atoms with Gasteiger partial charge in [0.05, 0.1) is 25.4 Å². The first kappa shape index (κ1) is 25.4. The molecule has 2 aliphatic heterocycles. The van der Waals surface area contributed by atoms with Gasteiger partial charge < -0.3 is 24.6 Å². The largest absolute Gasteiger partial charge is 0.466 e. The van der Waals surface area contributed by atoms with Gasteiger partial charge in [-0.1, -0.05) is 11.6 Å². The van der Waals surface area contributed by atoms with Crippen molar-refractivity contribution in [3.05, 3.63) is 58.9 Å². The van der Waals surface area contributed by atoms with Crippen molar-refractivity contribution in [3.8, 4) is 0 Å². The van der Waals surface area contributed by atoms with E-state index in [-0.39, 0.29) is 11.5 Å². The molecule has 9 nitrogen and oxygen atoms in total. The van der Waals surface area contributed by atoms with Gasteiger partial charge in [0.2, 0.25) is 6.41 Å². The maximum atomic E-state index is 12.6. The number of nitrogens with zero attached hydrogens (tertiary/aromatic N) is 2. The fourth-order valence-corrected chi connectivity index (χ4v) is 3.32. The van der Waals surface area contributed by atoms with Crippen LogP contribution in [0.15, 0.2) is 47.8 Å². The molecule has 1 fully saturated rings. The van der Waals surface area contributed by atoms with E-state index in [1.165, 1.54) is 25.2 Å². The molecular formula is C24H29N3O6. The number of ether oxygens (including phenoxy) is 2. The lowest BCUT2D eigenvalue weighted by Gasteiger charge is -2.15. The number of esters is 2. The Hall–Kier alpha value is -3.88. The highest BCUT2D eigenvalue weighted by atomic mass is 16.5. The van der Waals surface area contributed by atoms with Gasteiger partial charge in [-0.2, -0.15) is 0 Å². The van der Waals surface area contributed by atoms with Crippen LogP contribution in [-0.2, 0) is 28.7 Å². The summed E-state index contributed by atoms with van der Waals surface area (Å²) in [6, 6.07) is 5.58. The molecule has 2 amide bonds. The summed E-state index contributed by atoms with van der Waals surface area (Å²) < 4.78 is 9.57. The summed E-state index contributed by atoms with van der Waals surface area (Å²) in [5, 5.41) is 2.80. The van der Waals surface area contributed by atoms with Crippen molar-refractivity contribution in [1.82, 2.24) is 9.80 Å². The van der Waals surface area contributed by atoms with E-state index in [9.17, 15) is 19.2 Å². The Morgan fingerprint density at radius 3 is 2.48 bits per heavy atom. The van der Waals surface area contributed by atoms with Crippen molar-refractivity contribution in [2.45, 2.75) is 19.8 Å². The number of hydrogen-bond donors (Lipinski definition) is 1. The predicted molar refractivity (Wildman–Crippen MR) is 124 cm³/mol. The second-order valence-corrected chi connectivity index (χ2v) is 7.62. The van der Waals surface area contributed by atoms with Gasteiger partial charge in [-0.25, -0.2) is 9.59 Å². The zero-order valence-electron chi connectivity index (χ0n) is 19.5. The number of allylic oxidation sites excluding steroid dienone is 1. The normalized spacial score (nSPS) is 17.2. The maximum absolute atomic E-state index is 12.6. The second-order valence-electron chi connectivity index (χ2n) is 7.62. The molecule has 0 spiro atoms. The topological polar surface area (TPSA) is 105 Å². The van der Waals surface area contributed by atoms with E-state index in [1.807, 2.05) is 30.0 Å². The Bertz CT molecular complexity index is 1020. The van der Waals surface area contributed by atoms with Crippen LogP contribution in [0, 0.1) is 6.92 Å². The van der Waals surface area contributed by atoms with Gasteiger partial charge in [0, 0.05) is 49.9 Å². The molecular weight excluding hydrogens is 426 g/mol. The third-order valence-electron chi connectivity index (χ3n) is 4.91. The fraction of sp³-hybridized carbons (Fsp3) is 0.333. The first-order valence-corrected chi connectivity index (χ1v) is 10.3.